The molecule has 1 unspecified atom stereocenters. The van der Waals surface area contributed by atoms with Crippen molar-refractivity contribution in [2.45, 2.75) is 50.6 Å². The summed E-state index contributed by atoms with van der Waals surface area (Å²) in [4.78, 5) is 34.1. The van der Waals surface area contributed by atoms with Gasteiger partial charge in [-0.1, -0.05) is 43.5 Å². The van der Waals surface area contributed by atoms with Crippen LogP contribution in [0, 0.1) is 0 Å². The number of rotatable bonds is 9. The fraction of sp³-hybridized carbons (Fsp3) is 0.300. The van der Waals surface area contributed by atoms with Crippen molar-refractivity contribution in [3.05, 3.63) is 82.9 Å². The van der Waals surface area contributed by atoms with E-state index in [1.807, 2.05) is 48.0 Å². The lowest BCUT2D eigenvalue weighted by Gasteiger charge is -2.33. The maximum atomic E-state index is 14.4. The Morgan fingerprint density at radius 3 is 2.76 bits per heavy atom. The van der Waals surface area contributed by atoms with Gasteiger partial charge in [-0.15, -0.1) is 16.4 Å². The van der Waals surface area contributed by atoms with Crippen LogP contribution in [0.2, 0.25) is 0 Å². The van der Waals surface area contributed by atoms with Crippen molar-refractivity contribution in [3.63, 3.8) is 0 Å². The molecule has 0 bridgehead atoms. The number of amides is 2. The molecule has 5 aromatic rings. The number of aromatic nitrogens is 5. The molecular weight excluding hydrogens is 538 g/mol. The fourth-order valence-corrected chi connectivity index (χ4v) is 6.40. The monoisotopic (exact) mass is 569 g/mol. The minimum atomic E-state index is -0.849. The van der Waals surface area contributed by atoms with Crippen molar-refractivity contribution < 1.29 is 14.3 Å². The molecule has 6 rings (SSSR count). The zero-order chi connectivity index (χ0) is 28.2. The molecule has 3 heterocycles. The van der Waals surface area contributed by atoms with Crippen LogP contribution in [0.5, 0.6) is 5.75 Å². The normalized spacial score (nSPS) is 14.6. The fourth-order valence-electron chi connectivity index (χ4n) is 5.59. The summed E-state index contributed by atoms with van der Waals surface area (Å²) >= 11 is 1.46. The van der Waals surface area contributed by atoms with Crippen molar-refractivity contribution in [1.82, 2.24) is 30.5 Å². The Labute approximate surface area is 241 Å². The van der Waals surface area contributed by atoms with Gasteiger partial charge in [-0.05, 0) is 58.5 Å². The zero-order valence-corrected chi connectivity index (χ0v) is 23.5. The Morgan fingerprint density at radius 1 is 1.15 bits per heavy atom. The van der Waals surface area contributed by atoms with Gasteiger partial charge in [0.15, 0.2) is 0 Å². The second kappa shape index (κ2) is 11.9. The summed E-state index contributed by atoms with van der Waals surface area (Å²) in [5.41, 5.74) is 2.98. The third kappa shape index (κ3) is 5.58. The highest BCUT2D eigenvalue weighted by atomic mass is 32.1. The van der Waals surface area contributed by atoms with Gasteiger partial charge < -0.3 is 15.0 Å². The predicted octanol–water partition coefficient (Wildman–Crippen LogP) is 4.98. The molecule has 2 aromatic carbocycles. The van der Waals surface area contributed by atoms with Crippen LogP contribution in [-0.2, 0) is 16.0 Å². The van der Waals surface area contributed by atoms with Crippen LogP contribution in [0.15, 0.2) is 72.5 Å². The summed E-state index contributed by atoms with van der Waals surface area (Å²) in [6.07, 6.45) is 8.71. The highest BCUT2D eigenvalue weighted by Crippen LogP contribution is 2.36. The van der Waals surface area contributed by atoms with Crippen molar-refractivity contribution in [2.24, 2.45) is 0 Å². The number of ether oxygens (including phenoxy) is 1. The SMILES string of the molecule is COc1cc(N(C(=O)Cc2c[nH]c3ccccc23)C(C(=O)NC2CCCCC2)c2cccs2)ccc1-n1cnnn1. The van der Waals surface area contributed by atoms with Gasteiger partial charge in [0.05, 0.1) is 13.5 Å². The van der Waals surface area contributed by atoms with E-state index in [4.69, 9.17) is 4.74 Å². The molecule has 0 saturated heterocycles. The Bertz CT molecular complexity index is 1630. The summed E-state index contributed by atoms with van der Waals surface area (Å²) in [6, 6.07) is 16.3. The molecule has 0 aliphatic heterocycles. The van der Waals surface area contributed by atoms with Gasteiger partial charge in [0.1, 0.15) is 23.8 Å². The average Bonchev–Trinajstić information content (AvgIpc) is 3.79. The molecule has 2 amide bonds. The molecule has 2 N–H and O–H groups in total. The van der Waals surface area contributed by atoms with Crippen molar-refractivity contribution in [2.75, 3.05) is 12.0 Å². The number of carbonyl (C=O) groups excluding carboxylic acids is 2. The van der Waals surface area contributed by atoms with Gasteiger partial charge in [0, 0.05) is 39.8 Å². The van der Waals surface area contributed by atoms with E-state index < -0.39 is 6.04 Å². The molecule has 3 aromatic heterocycles. The van der Waals surface area contributed by atoms with E-state index in [1.54, 1.807) is 30.2 Å². The van der Waals surface area contributed by atoms with Crippen LogP contribution in [0.1, 0.15) is 48.6 Å². The molecule has 1 atom stereocenters. The largest absolute Gasteiger partial charge is 0.494 e. The third-order valence-electron chi connectivity index (χ3n) is 7.59. The number of para-hydroxylation sites is 1. The first-order valence-electron chi connectivity index (χ1n) is 13.7. The van der Waals surface area contributed by atoms with Gasteiger partial charge in [0.25, 0.3) is 0 Å². The van der Waals surface area contributed by atoms with E-state index >= 15 is 0 Å². The molecule has 11 heteroatoms. The lowest BCUT2D eigenvalue weighted by Crippen LogP contribution is -2.47. The van der Waals surface area contributed by atoms with E-state index in [0.717, 1.165) is 47.0 Å². The second-order valence-corrected chi connectivity index (χ2v) is 11.2. The number of nitrogens with one attached hydrogen (secondary N) is 2. The quantitative estimate of drug-likeness (QED) is 0.259. The van der Waals surface area contributed by atoms with E-state index in [9.17, 15) is 9.59 Å². The van der Waals surface area contributed by atoms with Crippen molar-refractivity contribution in [3.8, 4) is 11.4 Å². The standard InChI is InChI=1S/C30H31N7O3S/c1-40-26-17-22(13-14-25(26)36-19-32-34-35-36)37(28(38)16-20-18-31-24-11-6-5-10-23(20)24)29(27-12-7-15-41-27)30(39)33-21-8-3-2-4-9-21/h5-7,10-15,17-19,21,29,31H,2-4,8-9,16H2,1H3,(H,33,39). The van der Waals surface area contributed by atoms with Gasteiger partial charge in [0.2, 0.25) is 11.8 Å². The third-order valence-corrected chi connectivity index (χ3v) is 8.52. The van der Waals surface area contributed by atoms with E-state index in [-0.39, 0.29) is 24.3 Å². The summed E-state index contributed by atoms with van der Waals surface area (Å²) in [5.74, 6) is 0.0802. The lowest BCUT2D eigenvalue weighted by molar-refractivity contribution is -0.127. The molecule has 1 aliphatic carbocycles. The minimum absolute atomic E-state index is 0.0982. The molecule has 10 nitrogen and oxygen atoms in total. The Morgan fingerprint density at radius 2 is 2.00 bits per heavy atom. The second-order valence-electron chi connectivity index (χ2n) is 10.2. The Hall–Kier alpha value is -4.51. The van der Waals surface area contributed by atoms with E-state index in [1.165, 1.54) is 28.8 Å². The molecule has 1 fully saturated rings. The predicted molar refractivity (Wildman–Crippen MR) is 157 cm³/mol. The van der Waals surface area contributed by atoms with Crippen LogP contribution in [0.25, 0.3) is 16.6 Å². The zero-order valence-electron chi connectivity index (χ0n) is 22.7. The van der Waals surface area contributed by atoms with Crippen molar-refractivity contribution >= 4 is 39.7 Å². The maximum absolute atomic E-state index is 14.4. The number of nitrogens with zero attached hydrogens (tertiary/aromatic N) is 5. The average molecular weight is 570 g/mol. The first kappa shape index (κ1) is 26.7. The first-order chi connectivity index (χ1) is 20.1. The summed E-state index contributed by atoms with van der Waals surface area (Å²) in [5, 5.41) is 17.6. The van der Waals surface area contributed by atoms with Gasteiger partial charge in [-0.3, -0.25) is 14.5 Å². The Kier molecular flexibility index (Phi) is 7.77. The highest BCUT2D eigenvalue weighted by Gasteiger charge is 2.35. The maximum Gasteiger partial charge on any atom is 0.248 e. The smallest absolute Gasteiger partial charge is 0.248 e. The molecule has 210 valence electrons. The Balaban J connectivity index is 1.42. The number of tetrazole rings is 1. The van der Waals surface area contributed by atoms with Gasteiger partial charge in [-0.2, -0.15) is 4.68 Å². The number of carbonyl (C=O) groups is 2. The molecule has 0 spiro atoms. The van der Waals surface area contributed by atoms with Crippen LogP contribution in [-0.4, -0.2) is 50.2 Å². The number of hydrogen-bond acceptors (Lipinski definition) is 7. The number of anilines is 1. The number of benzene rings is 2. The van der Waals surface area contributed by atoms with E-state index in [0.29, 0.717) is 17.1 Å². The number of fused-ring (bicyclic) bond motifs is 1. The summed E-state index contributed by atoms with van der Waals surface area (Å²) < 4.78 is 7.19. The minimum Gasteiger partial charge on any atom is -0.494 e. The van der Waals surface area contributed by atoms with Crippen LogP contribution >= 0.6 is 11.3 Å². The first-order valence-corrected chi connectivity index (χ1v) is 14.6. The topological polar surface area (TPSA) is 118 Å². The van der Waals surface area contributed by atoms with Crippen LogP contribution in [0.3, 0.4) is 0 Å². The summed E-state index contributed by atoms with van der Waals surface area (Å²) in [6.45, 7) is 0. The number of thiophene rings is 1. The molecule has 1 saturated carbocycles. The van der Waals surface area contributed by atoms with Gasteiger partial charge >= 0.3 is 0 Å². The number of hydrogen-bond donors (Lipinski definition) is 2. The molecule has 0 radical (unpaired) electrons. The number of aromatic amines is 1. The van der Waals surface area contributed by atoms with E-state index in [2.05, 4.69) is 25.8 Å². The molecule has 41 heavy (non-hydrogen) atoms. The van der Waals surface area contributed by atoms with Crippen molar-refractivity contribution in [1.29, 1.82) is 0 Å². The van der Waals surface area contributed by atoms with Crippen LogP contribution < -0.4 is 15.0 Å². The number of methoxy groups -OCH3 is 1. The molecular formula is C30H31N7O3S. The lowest BCUT2D eigenvalue weighted by atomic mass is 9.95. The van der Waals surface area contributed by atoms with Crippen LogP contribution in [0.4, 0.5) is 5.69 Å². The number of H-pyrrole nitrogens is 1. The molecule has 1 aliphatic rings. The highest BCUT2D eigenvalue weighted by molar-refractivity contribution is 7.10. The van der Waals surface area contributed by atoms with Gasteiger partial charge in [-0.25, -0.2) is 0 Å². The summed E-state index contributed by atoms with van der Waals surface area (Å²) in [7, 11) is 1.55.